The minimum atomic E-state index is -0.951. The van der Waals surface area contributed by atoms with Crippen LogP contribution in [0.5, 0.6) is 0 Å². The lowest BCUT2D eigenvalue weighted by Gasteiger charge is -2.10. The molecule has 1 aromatic carbocycles. The first-order valence-electron chi connectivity index (χ1n) is 5.31. The van der Waals surface area contributed by atoms with Gasteiger partial charge < -0.3 is 5.32 Å². The maximum absolute atomic E-state index is 13.5. The Morgan fingerprint density at radius 3 is 2.42 bits per heavy atom. The fourth-order valence-corrected chi connectivity index (χ4v) is 2.42. The van der Waals surface area contributed by atoms with Crippen molar-refractivity contribution in [3.05, 3.63) is 38.4 Å². The van der Waals surface area contributed by atoms with Crippen LogP contribution >= 0.6 is 31.9 Å². The number of hydrogen-bond acceptors (Lipinski definition) is 3. The molecule has 7 heteroatoms. The lowest BCUT2D eigenvalue weighted by atomic mass is 10.2. The average molecular weight is 393 g/mol. The van der Waals surface area contributed by atoms with E-state index in [1.165, 1.54) is 6.07 Å². The second-order valence-electron chi connectivity index (χ2n) is 3.77. The van der Waals surface area contributed by atoms with Crippen LogP contribution in [0.15, 0.2) is 21.1 Å². The van der Waals surface area contributed by atoms with Crippen LogP contribution in [0.1, 0.15) is 5.69 Å². The number of hydrogen-bond donors (Lipinski definition) is 1. The van der Waals surface area contributed by atoms with Gasteiger partial charge >= 0.3 is 0 Å². The van der Waals surface area contributed by atoms with E-state index in [1.54, 1.807) is 14.0 Å². The van der Waals surface area contributed by atoms with Gasteiger partial charge in [0.05, 0.1) is 14.6 Å². The van der Waals surface area contributed by atoms with Crippen LogP contribution in [0.3, 0.4) is 0 Å². The van der Waals surface area contributed by atoms with Crippen molar-refractivity contribution in [2.45, 2.75) is 6.92 Å². The quantitative estimate of drug-likeness (QED) is 0.774. The monoisotopic (exact) mass is 391 g/mol. The lowest BCUT2D eigenvalue weighted by molar-refractivity contribution is 0.504. The van der Waals surface area contributed by atoms with Crippen LogP contribution in [0, 0.1) is 18.6 Å². The molecule has 1 aromatic heterocycles. The molecule has 0 saturated carbocycles. The van der Waals surface area contributed by atoms with E-state index in [4.69, 9.17) is 0 Å². The molecule has 2 rings (SSSR count). The fraction of sp³-hybridized carbons (Fsp3) is 0.167. The molecule has 0 amide bonds. The normalized spacial score (nSPS) is 10.6. The summed E-state index contributed by atoms with van der Waals surface area (Å²) in [5.41, 5.74) is 1.09. The third kappa shape index (κ3) is 2.62. The number of rotatable bonds is 2. The molecule has 19 heavy (non-hydrogen) atoms. The maximum Gasteiger partial charge on any atom is 0.173 e. The van der Waals surface area contributed by atoms with Gasteiger partial charge in [-0.3, -0.25) is 0 Å². The summed E-state index contributed by atoms with van der Waals surface area (Å²) in [6.45, 7) is 1.80. The summed E-state index contributed by atoms with van der Waals surface area (Å²) in [6.07, 6.45) is 0. The van der Waals surface area contributed by atoms with Gasteiger partial charge in [-0.1, -0.05) is 0 Å². The second kappa shape index (κ2) is 5.50. The van der Waals surface area contributed by atoms with Gasteiger partial charge in [-0.15, -0.1) is 0 Å². The molecule has 0 bridgehead atoms. The molecule has 2 aromatic rings. The minimum absolute atomic E-state index is 0.0104. The number of nitrogens with one attached hydrogen (secondary N) is 1. The molecular weight excluding hydrogens is 384 g/mol. The molecule has 0 aliphatic heterocycles. The molecule has 1 N–H and O–H groups in total. The Hall–Kier alpha value is -1.08. The van der Waals surface area contributed by atoms with Crippen LogP contribution in [0.25, 0.3) is 11.4 Å². The summed E-state index contributed by atoms with van der Waals surface area (Å²) >= 11 is 6.39. The Bertz CT molecular complexity index is 647. The van der Waals surface area contributed by atoms with Crippen LogP contribution < -0.4 is 5.32 Å². The molecule has 0 spiro atoms. The number of aryl methyl sites for hydroxylation is 1. The standard InChI is InChI=1S/C12H9Br2F2N3/c1-5-8(13)12(17-2)19-11(18-5)6-3-4-7(15)10(16)9(6)14/h3-4H,1-2H3,(H,17,18,19). The van der Waals surface area contributed by atoms with Crippen molar-refractivity contribution in [1.82, 2.24) is 9.97 Å². The van der Waals surface area contributed by atoms with Gasteiger partial charge in [0.1, 0.15) is 5.82 Å². The molecular formula is C12H9Br2F2N3. The first kappa shape index (κ1) is 14.3. The Morgan fingerprint density at radius 1 is 1.11 bits per heavy atom. The zero-order chi connectivity index (χ0) is 14.2. The van der Waals surface area contributed by atoms with E-state index in [2.05, 4.69) is 47.1 Å². The van der Waals surface area contributed by atoms with E-state index in [0.29, 0.717) is 22.9 Å². The molecule has 100 valence electrons. The van der Waals surface area contributed by atoms with E-state index in [0.717, 1.165) is 10.5 Å². The number of benzene rings is 1. The number of halogens is 4. The van der Waals surface area contributed by atoms with Gasteiger partial charge in [0.2, 0.25) is 0 Å². The Morgan fingerprint density at radius 2 is 1.79 bits per heavy atom. The number of nitrogens with zero attached hydrogens (tertiary/aromatic N) is 2. The number of aromatic nitrogens is 2. The van der Waals surface area contributed by atoms with Gasteiger partial charge in [0.25, 0.3) is 0 Å². The van der Waals surface area contributed by atoms with Crippen molar-refractivity contribution in [3.8, 4) is 11.4 Å². The highest BCUT2D eigenvalue weighted by Crippen LogP contribution is 2.32. The highest BCUT2D eigenvalue weighted by molar-refractivity contribution is 9.11. The summed E-state index contributed by atoms with van der Waals surface area (Å²) in [7, 11) is 1.72. The van der Waals surface area contributed by atoms with Crippen molar-refractivity contribution in [3.63, 3.8) is 0 Å². The first-order chi connectivity index (χ1) is 8.95. The summed E-state index contributed by atoms with van der Waals surface area (Å²) < 4.78 is 27.4. The average Bonchev–Trinajstić information content (AvgIpc) is 2.39. The van der Waals surface area contributed by atoms with E-state index in [-0.39, 0.29) is 4.47 Å². The first-order valence-corrected chi connectivity index (χ1v) is 6.90. The minimum Gasteiger partial charge on any atom is -0.372 e. The Kier molecular flexibility index (Phi) is 4.15. The van der Waals surface area contributed by atoms with Crippen molar-refractivity contribution in [2.75, 3.05) is 12.4 Å². The van der Waals surface area contributed by atoms with Gasteiger partial charge in [-0.25, -0.2) is 18.7 Å². The van der Waals surface area contributed by atoms with Crippen molar-refractivity contribution < 1.29 is 8.78 Å². The van der Waals surface area contributed by atoms with Crippen molar-refractivity contribution in [1.29, 1.82) is 0 Å². The molecule has 0 saturated heterocycles. The summed E-state index contributed by atoms with van der Waals surface area (Å²) in [5, 5.41) is 2.91. The molecule has 0 atom stereocenters. The molecule has 0 fully saturated rings. The van der Waals surface area contributed by atoms with Crippen LogP contribution in [0.2, 0.25) is 0 Å². The molecule has 0 unspecified atom stereocenters. The van der Waals surface area contributed by atoms with E-state index >= 15 is 0 Å². The van der Waals surface area contributed by atoms with Gasteiger partial charge in [-0.05, 0) is 50.9 Å². The van der Waals surface area contributed by atoms with E-state index in [1.807, 2.05) is 0 Å². The SMILES string of the molecule is CNc1nc(-c2ccc(F)c(F)c2Br)nc(C)c1Br. The van der Waals surface area contributed by atoms with E-state index < -0.39 is 11.6 Å². The molecule has 0 aliphatic rings. The van der Waals surface area contributed by atoms with Gasteiger partial charge in [0, 0.05) is 12.6 Å². The third-order valence-corrected chi connectivity index (χ3v) is 4.25. The van der Waals surface area contributed by atoms with Crippen LogP contribution in [-0.2, 0) is 0 Å². The van der Waals surface area contributed by atoms with Crippen molar-refractivity contribution in [2.24, 2.45) is 0 Å². The molecule has 3 nitrogen and oxygen atoms in total. The Labute approximate surface area is 125 Å². The zero-order valence-electron chi connectivity index (χ0n) is 10.1. The summed E-state index contributed by atoms with van der Waals surface area (Å²) in [6, 6.07) is 2.49. The smallest absolute Gasteiger partial charge is 0.173 e. The van der Waals surface area contributed by atoms with Crippen molar-refractivity contribution >= 4 is 37.7 Å². The van der Waals surface area contributed by atoms with Gasteiger partial charge in [-0.2, -0.15) is 0 Å². The summed E-state index contributed by atoms with van der Waals surface area (Å²) in [4.78, 5) is 8.53. The predicted octanol–water partition coefficient (Wildman–Crippen LogP) is 4.30. The number of anilines is 1. The molecule has 0 radical (unpaired) electrons. The Balaban J connectivity index is 2.66. The van der Waals surface area contributed by atoms with Crippen LogP contribution in [0.4, 0.5) is 14.6 Å². The fourth-order valence-electron chi connectivity index (χ4n) is 1.54. The predicted molar refractivity (Wildman–Crippen MR) is 77.1 cm³/mol. The topological polar surface area (TPSA) is 37.8 Å². The molecule has 1 heterocycles. The zero-order valence-corrected chi connectivity index (χ0v) is 13.2. The summed E-state index contributed by atoms with van der Waals surface area (Å²) in [5.74, 6) is -0.971. The van der Waals surface area contributed by atoms with Gasteiger partial charge in [0.15, 0.2) is 17.5 Å². The van der Waals surface area contributed by atoms with E-state index in [9.17, 15) is 8.78 Å². The third-order valence-electron chi connectivity index (χ3n) is 2.53. The highest BCUT2D eigenvalue weighted by atomic mass is 79.9. The van der Waals surface area contributed by atoms with Crippen LogP contribution in [-0.4, -0.2) is 17.0 Å². The molecule has 0 aliphatic carbocycles. The lowest BCUT2D eigenvalue weighted by Crippen LogP contribution is -2.02. The highest BCUT2D eigenvalue weighted by Gasteiger charge is 2.16. The largest absolute Gasteiger partial charge is 0.372 e. The maximum atomic E-state index is 13.5. The second-order valence-corrected chi connectivity index (χ2v) is 5.35.